The highest BCUT2D eigenvalue weighted by atomic mass is 16.5. The van der Waals surface area contributed by atoms with Crippen LogP contribution in [0, 0.1) is 6.92 Å². The molecule has 0 amide bonds. The lowest BCUT2D eigenvalue weighted by Gasteiger charge is -2.47. The van der Waals surface area contributed by atoms with Crippen LogP contribution in [0.1, 0.15) is 26.0 Å². The number of hydrogen-bond acceptors (Lipinski definition) is 5. The second-order valence-electron chi connectivity index (χ2n) is 4.65. The first-order valence-corrected chi connectivity index (χ1v) is 6.08. The summed E-state index contributed by atoms with van der Waals surface area (Å²) >= 11 is 0. The van der Waals surface area contributed by atoms with E-state index in [1.165, 1.54) is 0 Å². The minimum Gasteiger partial charge on any atom is -0.478 e. The average Bonchev–Trinajstić information content (AvgIpc) is 2.24. The maximum absolute atomic E-state index is 6.14. The van der Waals surface area contributed by atoms with Crippen molar-refractivity contribution in [1.82, 2.24) is 9.97 Å². The monoisotopic (exact) mass is 236 g/mol. The molecule has 5 nitrogen and oxygen atoms in total. The van der Waals surface area contributed by atoms with Gasteiger partial charge in [0.2, 0.25) is 11.8 Å². The van der Waals surface area contributed by atoms with Crippen molar-refractivity contribution in [3.8, 4) is 5.88 Å². The van der Waals surface area contributed by atoms with Gasteiger partial charge in [0.15, 0.2) is 0 Å². The van der Waals surface area contributed by atoms with Gasteiger partial charge in [-0.3, -0.25) is 0 Å². The number of ether oxygens (including phenoxy) is 1. The molecule has 0 aromatic carbocycles. The molecule has 0 radical (unpaired) electrons. The predicted molar refractivity (Wildman–Crippen MR) is 67.4 cm³/mol. The van der Waals surface area contributed by atoms with Gasteiger partial charge in [0.25, 0.3) is 0 Å². The molecule has 94 valence electrons. The summed E-state index contributed by atoms with van der Waals surface area (Å²) in [5.74, 6) is 1.36. The standard InChI is InChI=1S/C12H20N4O/c1-4-12(13)7-16(8-12)11-14-9(3)6-10(15-11)17-5-2/h6H,4-5,7-8,13H2,1-3H3. The van der Waals surface area contributed by atoms with Crippen molar-refractivity contribution in [1.29, 1.82) is 0 Å². The number of hydrogen-bond donors (Lipinski definition) is 1. The minimum atomic E-state index is -0.0706. The van der Waals surface area contributed by atoms with E-state index in [9.17, 15) is 0 Å². The molecule has 2 heterocycles. The molecule has 0 saturated carbocycles. The maximum Gasteiger partial charge on any atom is 0.228 e. The molecule has 2 N–H and O–H groups in total. The van der Waals surface area contributed by atoms with Crippen LogP contribution in [0.5, 0.6) is 5.88 Å². The van der Waals surface area contributed by atoms with Crippen LogP contribution in [-0.2, 0) is 0 Å². The fourth-order valence-electron chi connectivity index (χ4n) is 1.97. The molecule has 1 aliphatic rings. The summed E-state index contributed by atoms with van der Waals surface area (Å²) in [5.41, 5.74) is 6.99. The number of aryl methyl sites for hydroxylation is 1. The van der Waals surface area contributed by atoms with Crippen LogP contribution in [0.15, 0.2) is 6.07 Å². The van der Waals surface area contributed by atoms with E-state index in [1.54, 1.807) is 0 Å². The van der Waals surface area contributed by atoms with Crippen molar-refractivity contribution >= 4 is 5.95 Å². The Morgan fingerprint density at radius 2 is 2.12 bits per heavy atom. The highest BCUT2D eigenvalue weighted by Gasteiger charge is 2.39. The SMILES string of the molecule is CCOc1cc(C)nc(N2CC(N)(CC)C2)n1. The van der Waals surface area contributed by atoms with Gasteiger partial charge in [-0.15, -0.1) is 0 Å². The highest BCUT2D eigenvalue weighted by molar-refractivity contribution is 5.40. The maximum atomic E-state index is 6.14. The predicted octanol–water partition coefficient (Wildman–Crippen LogP) is 1.11. The molecule has 0 bridgehead atoms. The van der Waals surface area contributed by atoms with Crippen LogP contribution in [-0.4, -0.2) is 35.2 Å². The van der Waals surface area contributed by atoms with Crippen LogP contribution >= 0.6 is 0 Å². The lowest BCUT2D eigenvalue weighted by atomic mass is 9.89. The third-order valence-corrected chi connectivity index (χ3v) is 3.11. The van der Waals surface area contributed by atoms with E-state index in [1.807, 2.05) is 19.9 Å². The molecule has 2 rings (SSSR count). The Kier molecular flexibility index (Phi) is 3.19. The summed E-state index contributed by atoms with van der Waals surface area (Å²) in [4.78, 5) is 10.9. The average molecular weight is 236 g/mol. The van der Waals surface area contributed by atoms with Gasteiger partial charge in [-0.05, 0) is 20.3 Å². The molecule has 17 heavy (non-hydrogen) atoms. The van der Waals surface area contributed by atoms with Crippen molar-refractivity contribution < 1.29 is 4.74 Å². The molecular weight excluding hydrogens is 216 g/mol. The van der Waals surface area contributed by atoms with Crippen LogP contribution < -0.4 is 15.4 Å². The molecule has 0 spiro atoms. The first kappa shape index (κ1) is 12.1. The molecule has 5 heteroatoms. The Morgan fingerprint density at radius 1 is 1.41 bits per heavy atom. The Bertz CT molecular complexity index is 401. The lowest BCUT2D eigenvalue weighted by Crippen LogP contribution is -2.67. The van der Waals surface area contributed by atoms with Gasteiger partial charge < -0.3 is 15.4 Å². The first-order chi connectivity index (χ1) is 8.06. The van der Waals surface area contributed by atoms with Gasteiger partial charge in [-0.2, -0.15) is 4.98 Å². The van der Waals surface area contributed by atoms with Gasteiger partial charge >= 0.3 is 0 Å². The van der Waals surface area contributed by atoms with Crippen molar-refractivity contribution in [3.05, 3.63) is 11.8 Å². The van der Waals surface area contributed by atoms with Gasteiger partial charge in [-0.25, -0.2) is 4.98 Å². The van der Waals surface area contributed by atoms with E-state index < -0.39 is 0 Å². The fraction of sp³-hybridized carbons (Fsp3) is 0.667. The molecule has 1 fully saturated rings. The summed E-state index contributed by atoms with van der Waals surface area (Å²) in [6, 6.07) is 1.85. The second kappa shape index (κ2) is 4.49. The number of nitrogens with zero attached hydrogens (tertiary/aromatic N) is 3. The molecule has 1 aromatic rings. The summed E-state index contributed by atoms with van der Waals surface area (Å²) in [6.45, 7) is 8.26. The lowest BCUT2D eigenvalue weighted by molar-refractivity contribution is 0.308. The molecule has 0 unspecified atom stereocenters. The van der Waals surface area contributed by atoms with E-state index in [2.05, 4.69) is 21.8 Å². The van der Waals surface area contributed by atoms with E-state index in [-0.39, 0.29) is 5.54 Å². The zero-order chi connectivity index (χ0) is 12.5. The highest BCUT2D eigenvalue weighted by Crippen LogP contribution is 2.26. The zero-order valence-electron chi connectivity index (χ0n) is 10.7. The normalized spacial score (nSPS) is 17.8. The Hall–Kier alpha value is -1.36. The van der Waals surface area contributed by atoms with Gasteiger partial charge in [-0.1, -0.05) is 6.92 Å². The molecule has 1 aliphatic heterocycles. The zero-order valence-corrected chi connectivity index (χ0v) is 10.7. The van der Waals surface area contributed by atoms with Gasteiger partial charge in [0.1, 0.15) is 0 Å². The molecular formula is C12H20N4O. The van der Waals surface area contributed by atoms with E-state index in [0.29, 0.717) is 12.5 Å². The number of anilines is 1. The minimum absolute atomic E-state index is 0.0706. The van der Waals surface area contributed by atoms with Crippen molar-refractivity contribution in [3.63, 3.8) is 0 Å². The molecule has 0 atom stereocenters. The molecule has 1 saturated heterocycles. The Morgan fingerprint density at radius 3 is 2.71 bits per heavy atom. The topological polar surface area (TPSA) is 64.3 Å². The third-order valence-electron chi connectivity index (χ3n) is 3.11. The first-order valence-electron chi connectivity index (χ1n) is 6.08. The van der Waals surface area contributed by atoms with E-state index >= 15 is 0 Å². The number of nitrogens with two attached hydrogens (primary N) is 1. The van der Waals surface area contributed by atoms with Crippen LogP contribution in [0.2, 0.25) is 0 Å². The smallest absolute Gasteiger partial charge is 0.228 e. The van der Waals surface area contributed by atoms with E-state index in [4.69, 9.17) is 10.5 Å². The van der Waals surface area contributed by atoms with Crippen molar-refractivity contribution in [2.75, 3.05) is 24.6 Å². The number of rotatable bonds is 4. The van der Waals surface area contributed by atoms with Gasteiger partial charge in [0, 0.05) is 24.8 Å². The summed E-state index contributed by atoms with van der Waals surface area (Å²) in [7, 11) is 0. The summed E-state index contributed by atoms with van der Waals surface area (Å²) < 4.78 is 5.42. The summed E-state index contributed by atoms with van der Waals surface area (Å²) in [5, 5.41) is 0. The van der Waals surface area contributed by atoms with Crippen molar-refractivity contribution in [2.24, 2.45) is 5.73 Å². The van der Waals surface area contributed by atoms with Crippen LogP contribution in [0.25, 0.3) is 0 Å². The van der Waals surface area contributed by atoms with Crippen LogP contribution in [0.4, 0.5) is 5.95 Å². The molecule has 0 aliphatic carbocycles. The Labute approximate surface area is 102 Å². The fourth-order valence-corrected chi connectivity index (χ4v) is 1.97. The van der Waals surface area contributed by atoms with Crippen molar-refractivity contribution in [2.45, 2.75) is 32.7 Å². The summed E-state index contributed by atoms with van der Waals surface area (Å²) in [6.07, 6.45) is 0.980. The van der Waals surface area contributed by atoms with Gasteiger partial charge in [0.05, 0.1) is 12.1 Å². The van der Waals surface area contributed by atoms with E-state index in [0.717, 1.165) is 31.2 Å². The van der Waals surface area contributed by atoms with Crippen LogP contribution in [0.3, 0.4) is 0 Å². The number of aromatic nitrogens is 2. The quantitative estimate of drug-likeness (QED) is 0.848. The largest absolute Gasteiger partial charge is 0.478 e. The Balaban J connectivity index is 2.12. The third kappa shape index (κ3) is 2.49. The molecule has 1 aromatic heterocycles. The second-order valence-corrected chi connectivity index (χ2v) is 4.65.